The van der Waals surface area contributed by atoms with E-state index >= 15 is 0 Å². The third-order valence-electron chi connectivity index (χ3n) is 1.98. The highest BCUT2D eigenvalue weighted by molar-refractivity contribution is 5.60. The molecule has 0 bridgehead atoms. The summed E-state index contributed by atoms with van der Waals surface area (Å²) in [6, 6.07) is 0. The van der Waals surface area contributed by atoms with Crippen molar-refractivity contribution in [1.82, 2.24) is 9.97 Å². The van der Waals surface area contributed by atoms with Gasteiger partial charge in [-0.25, -0.2) is 0 Å². The first-order chi connectivity index (χ1) is 9.15. The Morgan fingerprint density at radius 3 is 2.95 bits per heavy atom. The average molecular weight is 260 g/mol. The van der Waals surface area contributed by atoms with Crippen LogP contribution in [0.5, 0.6) is 5.88 Å². The zero-order chi connectivity index (χ0) is 14.1. The molecular weight excluding hydrogens is 240 g/mol. The number of rotatable bonds is 7. The second-order valence-electron chi connectivity index (χ2n) is 4.15. The molecule has 0 atom stereocenters. The van der Waals surface area contributed by atoms with Crippen LogP contribution in [0.2, 0.25) is 0 Å². The summed E-state index contributed by atoms with van der Waals surface area (Å²) in [5.74, 6) is 2.00. The molecule has 0 saturated heterocycles. The molecule has 0 spiro atoms. The Balaban J connectivity index is 2.75. The van der Waals surface area contributed by atoms with Gasteiger partial charge < -0.3 is 10.1 Å². The molecule has 0 aliphatic carbocycles. The van der Waals surface area contributed by atoms with E-state index in [0.29, 0.717) is 23.4 Å². The van der Waals surface area contributed by atoms with Crippen LogP contribution >= 0.6 is 0 Å². The van der Waals surface area contributed by atoms with E-state index in [0.717, 1.165) is 6.54 Å². The maximum absolute atomic E-state index is 5.55. The van der Waals surface area contributed by atoms with Gasteiger partial charge in [0.15, 0.2) is 0 Å². The minimum absolute atomic E-state index is 0.388. The number of allylic oxidation sites excluding steroid dienone is 1. The SMILES string of the molecule is C=C/C(=C\N=CC(C)C)Oc1cncc(NCC)n1. The second kappa shape index (κ2) is 8.02. The Kier molecular flexibility index (Phi) is 6.29. The lowest BCUT2D eigenvalue weighted by Crippen LogP contribution is -2.02. The van der Waals surface area contributed by atoms with Crippen molar-refractivity contribution in [3.05, 3.63) is 37.0 Å². The lowest BCUT2D eigenvalue weighted by molar-refractivity contribution is 0.423. The third-order valence-corrected chi connectivity index (χ3v) is 1.98. The van der Waals surface area contributed by atoms with Gasteiger partial charge >= 0.3 is 0 Å². The van der Waals surface area contributed by atoms with Crippen molar-refractivity contribution in [2.75, 3.05) is 11.9 Å². The fourth-order valence-electron chi connectivity index (χ4n) is 1.19. The van der Waals surface area contributed by atoms with Gasteiger partial charge in [0, 0.05) is 12.8 Å². The van der Waals surface area contributed by atoms with Crippen LogP contribution < -0.4 is 10.1 Å². The molecule has 0 aromatic carbocycles. The molecule has 5 heteroatoms. The topological polar surface area (TPSA) is 59.4 Å². The molecule has 1 aromatic heterocycles. The van der Waals surface area contributed by atoms with Gasteiger partial charge in [-0.1, -0.05) is 20.4 Å². The summed E-state index contributed by atoms with van der Waals surface area (Å²) in [7, 11) is 0. The number of nitrogens with zero attached hydrogens (tertiary/aromatic N) is 3. The van der Waals surface area contributed by atoms with Gasteiger partial charge in [0.25, 0.3) is 0 Å². The number of anilines is 1. The number of hydrogen-bond donors (Lipinski definition) is 1. The van der Waals surface area contributed by atoms with Crippen LogP contribution in [-0.4, -0.2) is 22.7 Å². The number of aliphatic imine (C=N–C) groups is 1. The highest BCUT2D eigenvalue weighted by atomic mass is 16.5. The van der Waals surface area contributed by atoms with Crippen LogP contribution in [0.4, 0.5) is 5.82 Å². The van der Waals surface area contributed by atoms with Crippen LogP contribution in [0.15, 0.2) is 42.0 Å². The third kappa shape index (κ3) is 5.81. The minimum atomic E-state index is 0.388. The Labute approximate surface area is 114 Å². The maximum Gasteiger partial charge on any atom is 0.239 e. The highest BCUT2D eigenvalue weighted by Gasteiger charge is 2.01. The number of nitrogens with one attached hydrogen (secondary N) is 1. The fraction of sp³-hybridized carbons (Fsp3) is 0.357. The molecule has 0 fully saturated rings. The molecule has 1 aromatic rings. The van der Waals surface area contributed by atoms with Gasteiger partial charge in [-0.3, -0.25) is 9.98 Å². The molecule has 1 N–H and O–H groups in total. The molecule has 0 unspecified atom stereocenters. The predicted octanol–water partition coefficient (Wildman–Crippen LogP) is 3.04. The molecule has 0 aliphatic rings. The van der Waals surface area contributed by atoms with Crippen LogP contribution in [0.1, 0.15) is 20.8 Å². The predicted molar refractivity (Wildman–Crippen MR) is 78.4 cm³/mol. The van der Waals surface area contributed by atoms with Crippen molar-refractivity contribution in [2.45, 2.75) is 20.8 Å². The smallest absolute Gasteiger partial charge is 0.239 e. The minimum Gasteiger partial charge on any atom is -0.436 e. The lowest BCUT2D eigenvalue weighted by atomic mass is 10.2. The van der Waals surface area contributed by atoms with Gasteiger partial charge in [0.05, 0.1) is 18.6 Å². The first kappa shape index (κ1) is 14.9. The summed E-state index contributed by atoms with van der Waals surface area (Å²) < 4.78 is 5.55. The van der Waals surface area contributed by atoms with Crippen molar-refractivity contribution in [2.24, 2.45) is 10.9 Å². The summed E-state index contributed by atoms with van der Waals surface area (Å²) in [5.41, 5.74) is 0. The highest BCUT2D eigenvalue weighted by Crippen LogP contribution is 2.12. The molecule has 102 valence electrons. The summed E-state index contributed by atoms with van der Waals surface area (Å²) in [4.78, 5) is 12.5. The molecule has 0 radical (unpaired) electrons. The average Bonchev–Trinajstić information content (AvgIpc) is 2.38. The van der Waals surface area contributed by atoms with E-state index in [1.54, 1.807) is 24.7 Å². The Hall–Kier alpha value is -2.17. The molecule has 0 amide bonds. The first-order valence-corrected chi connectivity index (χ1v) is 6.25. The van der Waals surface area contributed by atoms with E-state index in [1.165, 1.54) is 0 Å². The summed E-state index contributed by atoms with van der Waals surface area (Å²) in [6.07, 6.45) is 8.20. The number of ether oxygens (including phenoxy) is 1. The van der Waals surface area contributed by atoms with Crippen molar-refractivity contribution in [3.8, 4) is 5.88 Å². The van der Waals surface area contributed by atoms with Gasteiger partial charge in [0.1, 0.15) is 11.6 Å². The number of hydrogen-bond acceptors (Lipinski definition) is 5. The van der Waals surface area contributed by atoms with Crippen LogP contribution in [0, 0.1) is 5.92 Å². The van der Waals surface area contributed by atoms with Crippen LogP contribution in [-0.2, 0) is 0 Å². The Morgan fingerprint density at radius 1 is 1.53 bits per heavy atom. The van der Waals surface area contributed by atoms with Gasteiger partial charge in [-0.15, -0.1) is 0 Å². The normalized spacial score (nSPS) is 11.9. The Morgan fingerprint density at radius 2 is 2.32 bits per heavy atom. The van der Waals surface area contributed by atoms with Gasteiger partial charge in [-0.05, 0) is 18.9 Å². The van der Waals surface area contributed by atoms with E-state index in [1.807, 2.05) is 13.1 Å². The lowest BCUT2D eigenvalue weighted by Gasteiger charge is -2.06. The summed E-state index contributed by atoms with van der Waals surface area (Å²) >= 11 is 0. The van der Waals surface area contributed by atoms with E-state index in [-0.39, 0.29) is 0 Å². The molecule has 19 heavy (non-hydrogen) atoms. The molecule has 1 heterocycles. The summed E-state index contributed by atoms with van der Waals surface area (Å²) in [5, 5.41) is 3.07. The second-order valence-corrected chi connectivity index (χ2v) is 4.15. The quantitative estimate of drug-likeness (QED) is 0.465. The molecular formula is C14H20N4O. The first-order valence-electron chi connectivity index (χ1n) is 6.25. The van der Waals surface area contributed by atoms with E-state index < -0.39 is 0 Å². The molecule has 5 nitrogen and oxygen atoms in total. The molecule has 0 aliphatic heterocycles. The zero-order valence-electron chi connectivity index (χ0n) is 11.6. The van der Waals surface area contributed by atoms with E-state index in [9.17, 15) is 0 Å². The maximum atomic E-state index is 5.55. The van der Waals surface area contributed by atoms with Crippen molar-refractivity contribution >= 4 is 12.0 Å². The fourth-order valence-corrected chi connectivity index (χ4v) is 1.19. The van der Waals surface area contributed by atoms with Crippen LogP contribution in [0.25, 0.3) is 0 Å². The molecule has 0 saturated carbocycles. The van der Waals surface area contributed by atoms with Crippen molar-refractivity contribution in [3.63, 3.8) is 0 Å². The van der Waals surface area contributed by atoms with Gasteiger partial charge in [0.2, 0.25) is 5.88 Å². The van der Waals surface area contributed by atoms with Crippen molar-refractivity contribution in [1.29, 1.82) is 0 Å². The largest absolute Gasteiger partial charge is 0.436 e. The monoisotopic (exact) mass is 260 g/mol. The van der Waals surface area contributed by atoms with Crippen molar-refractivity contribution < 1.29 is 4.74 Å². The number of aromatic nitrogens is 2. The zero-order valence-corrected chi connectivity index (χ0v) is 11.6. The standard InChI is InChI=1S/C14H20N4O/c1-5-12(8-15-7-11(3)4)19-14-10-16-9-13(18-14)17-6-2/h5,7-11H,1,6H2,2-4H3,(H,17,18)/b12-8+,15-7?. The Bertz CT molecular complexity index is 466. The van der Waals surface area contributed by atoms with E-state index in [2.05, 4.69) is 40.7 Å². The summed E-state index contributed by atoms with van der Waals surface area (Å²) in [6.45, 7) is 10.6. The molecule has 1 rings (SSSR count). The van der Waals surface area contributed by atoms with Crippen LogP contribution in [0.3, 0.4) is 0 Å². The van der Waals surface area contributed by atoms with Gasteiger partial charge in [-0.2, -0.15) is 4.98 Å². The van der Waals surface area contributed by atoms with E-state index in [4.69, 9.17) is 4.74 Å².